The molecule has 0 spiro atoms. The number of aliphatic hydroxyl groups excluding tert-OH is 1. The van der Waals surface area contributed by atoms with Gasteiger partial charge in [-0.2, -0.15) is 0 Å². The second kappa shape index (κ2) is 4.77. The molecular weight excluding hydrogens is 180 g/mol. The summed E-state index contributed by atoms with van der Waals surface area (Å²) in [6.07, 6.45) is 0.793. The molecule has 1 aromatic carbocycles. The molecule has 0 fully saturated rings. The van der Waals surface area contributed by atoms with Crippen molar-refractivity contribution in [1.29, 1.82) is 0 Å². The van der Waals surface area contributed by atoms with Gasteiger partial charge in [-0.05, 0) is 31.4 Å². The summed E-state index contributed by atoms with van der Waals surface area (Å²) >= 11 is 0. The first-order chi connectivity index (χ1) is 6.61. The van der Waals surface area contributed by atoms with Crippen LogP contribution in [0.3, 0.4) is 0 Å². The minimum absolute atomic E-state index is 0.327. The van der Waals surface area contributed by atoms with Crippen molar-refractivity contribution in [3.63, 3.8) is 0 Å². The van der Waals surface area contributed by atoms with E-state index in [0.717, 1.165) is 5.56 Å². The molecule has 14 heavy (non-hydrogen) atoms. The quantitative estimate of drug-likeness (QED) is 0.767. The Morgan fingerprint density at radius 3 is 2.64 bits per heavy atom. The van der Waals surface area contributed by atoms with E-state index in [1.807, 2.05) is 6.07 Å². The number of rotatable bonds is 4. The number of carbonyl (C=O) groups is 1. The zero-order valence-corrected chi connectivity index (χ0v) is 8.10. The Morgan fingerprint density at radius 1 is 1.43 bits per heavy atom. The minimum atomic E-state index is -0.911. The number of aliphatic hydroxyl groups is 1. The number of benzene rings is 1. The molecule has 2 N–H and O–H groups in total. The van der Waals surface area contributed by atoms with E-state index in [9.17, 15) is 4.79 Å². The number of aromatic carboxylic acids is 1. The molecular formula is C11H14O3. The van der Waals surface area contributed by atoms with Gasteiger partial charge >= 0.3 is 5.97 Å². The Kier molecular flexibility index (Phi) is 3.65. The molecule has 76 valence electrons. The van der Waals surface area contributed by atoms with Crippen LogP contribution in [-0.4, -0.2) is 22.3 Å². The van der Waals surface area contributed by atoms with Gasteiger partial charge in [0, 0.05) is 0 Å². The van der Waals surface area contributed by atoms with Crippen molar-refractivity contribution in [2.24, 2.45) is 0 Å². The van der Waals surface area contributed by atoms with Gasteiger partial charge in [-0.3, -0.25) is 0 Å². The van der Waals surface area contributed by atoms with E-state index in [-0.39, 0.29) is 0 Å². The molecule has 0 amide bonds. The van der Waals surface area contributed by atoms with E-state index in [1.165, 1.54) is 0 Å². The van der Waals surface area contributed by atoms with Crippen LogP contribution in [0.15, 0.2) is 24.3 Å². The Balaban J connectivity index is 2.79. The summed E-state index contributed by atoms with van der Waals surface area (Å²) in [5, 5.41) is 18.0. The van der Waals surface area contributed by atoms with Crippen molar-refractivity contribution in [1.82, 2.24) is 0 Å². The highest BCUT2D eigenvalue weighted by Crippen LogP contribution is 2.11. The van der Waals surface area contributed by atoms with E-state index in [1.54, 1.807) is 25.1 Å². The fraction of sp³-hybridized carbons (Fsp3) is 0.364. The molecule has 0 bridgehead atoms. The topological polar surface area (TPSA) is 57.5 Å². The first kappa shape index (κ1) is 10.7. The zero-order valence-electron chi connectivity index (χ0n) is 8.10. The minimum Gasteiger partial charge on any atom is -0.478 e. The third kappa shape index (κ3) is 2.85. The van der Waals surface area contributed by atoms with Gasteiger partial charge < -0.3 is 10.2 Å². The highest BCUT2D eigenvalue weighted by Gasteiger charge is 2.08. The van der Waals surface area contributed by atoms with E-state index in [2.05, 4.69) is 0 Å². The number of carboxylic acids is 1. The molecule has 1 atom stereocenters. The molecule has 1 rings (SSSR count). The average molecular weight is 194 g/mol. The first-order valence-electron chi connectivity index (χ1n) is 4.60. The van der Waals surface area contributed by atoms with Gasteiger partial charge in [0.2, 0.25) is 0 Å². The van der Waals surface area contributed by atoms with Crippen molar-refractivity contribution in [3.8, 4) is 0 Å². The van der Waals surface area contributed by atoms with E-state index in [4.69, 9.17) is 10.2 Å². The van der Waals surface area contributed by atoms with E-state index >= 15 is 0 Å². The Bertz CT molecular complexity index is 318. The first-order valence-corrected chi connectivity index (χ1v) is 4.60. The van der Waals surface area contributed by atoms with Crippen molar-refractivity contribution >= 4 is 5.97 Å². The standard InChI is InChI=1S/C11H14O3/c1-8(12)6-7-9-4-2-3-5-10(9)11(13)14/h2-5,8,12H,6-7H2,1H3,(H,13,14). The molecule has 0 heterocycles. The number of hydrogen-bond donors (Lipinski definition) is 2. The van der Waals surface area contributed by atoms with E-state index in [0.29, 0.717) is 18.4 Å². The molecule has 3 nitrogen and oxygen atoms in total. The lowest BCUT2D eigenvalue weighted by Gasteiger charge is -2.06. The molecule has 0 aliphatic heterocycles. The van der Waals surface area contributed by atoms with Crippen LogP contribution in [0.2, 0.25) is 0 Å². The zero-order chi connectivity index (χ0) is 10.6. The molecule has 0 aliphatic rings. The lowest BCUT2D eigenvalue weighted by atomic mass is 10.0. The second-order valence-corrected chi connectivity index (χ2v) is 3.35. The van der Waals surface area contributed by atoms with Gasteiger partial charge in [-0.25, -0.2) is 4.79 Å². The lowest BCUT2D eigenvalue weighted by molar-refractivity contribution is 0.0695. The van der Waals surface area contributed by atoms with Gasteiger partial charge in [0.05, 0.1) is 11.7 Å². The fourth-order valence-electron chi connectivity index (χ4n) is 1.31. The largest absolute Gasteiger partial charge is 0.478 e. The molecule has 0 saturated carbocycles. The van der Waals surface area contributed by atoms with Crippen molar-refractivity contribution < 1.29 is 15.0 Å². The van der Waals surface area contributed by atoms with Crippen molar-refractivity contribution in [2.45, 2.75) is 25.9 Å². The highest BCUT2D eigenvalue weighted by molar-refractivity contribution is 5.89. The van der Waals surface area contributed by atoms with Gasteiger partial charge in [-0.1, -0.05) is 18.2 Å². The fourth-order valence-corrected chi connectivity index (χ4v) is 1.31. The van der Waals surface area contributed by atoms with Crippen LogP contribution in [0, 0.1) is 0 Å². The summed E-state index contributed by atoms with van der Waals surface area (Å²) in [6, 6.07) is 6.88. The molecule has 0 aliphatic carbocycles. The Morgan fingerprint density at radius 2 is 2.07 bits per heavy atom. The summed E-state index contributed by atoms with van der Waals surface area (Å²) in [5.41, 5.74) is 1.11. The van der Waals surface area contributed by atoms with Gasteiger partial charge in [-0.15, -0.1) is 0 Å². The van der Waals surface area contributed by atoms with Crippen LogP contribution >= 0.6 is 0 Å². The van der Waals surface area contributed by atoms with Crippen molar-refractivity contribution in [2.75, 3.05) is 0 Å². The molecule has 1 aromatic rings. The van der Waals surface area contributed by atoms with Crippen molar-refractivity contribution in [3.05, 3.63) is 35.4 Å². The summed E-state index contributed by atoms with van der Waals surface area (Å²) < 4.78 is 0. The monoisotopic (exact) mass is 194 g/mol. The maximum Gasteiger partial charge on any atom is 0.335 e. The average Bonchev–Trinajstić information content (AvgIpc) is 2.15. The third-order valence-corrected chi connectivity index (χ3v) is 2.08. The maximum atomic E-state index is 10.8. The predicted molar refractivity (Wildman–Crippen MR) is 53.4 cm³/mol. The van der Waals surface area contributed by atoms with Crippen LogP contribution in [-0.2, 0) is 6.42 Å². The van der Waals surface area contributed by atoms with Crippen LogP contribution in [0.5, 0.6) is 0 Å². The molecule has 0 saturated heterocycles. The summed E-state index contributed by atoms with van der Waals surface area (Å²) in [7, 11) is 0. The van der Waals surface area contributed by atoms with Gasteiger partial charge in [0.1, 0.15) is 0 Å². The Labute approximate surface area is 83.0 Å². The normalized spacial score (nSPS) is 12.4. The molecule has 3 heteroatoms. The third-order valence-electron chi connectivity index (χ3n) is 2.08. The number of carboxylic acid groups (broad SMARTS) is 1. The maximum absolute atomic E-state index is 10.8. The van der Waals surface area contributed by atoms with Crippen LogP contribution in [0.4, 0.5) is 0 Å². The smallest absolute Gasteiger partial charge is 0.335 e. The molecule has 0 aromatic heterocycles. The number of aryl methyl sites for hydroxylation is 1. The summed E-state index contributed by atoms with van der Waals surface area (Å²) in [4.78, 5) is 10.8. The molecule has 0 radical (unpaired) electrons. The lowest BCUT2D eigenvalue weighted by Crippen LogP contribution is -2.06. The second-order valence-electron chi connectivity index (χ2n) is 3.35. The van der Waals surface area contributed by atoms with Crippen LogP contribution < -0.4 is 0 Å². The summed E-state index contributed by atoms with van der Waals surface area (Å²) in [5.74, 6) is -0.911. The van der Waals surface area contributed by atoms with Gasteiger partial charge in [0.25, 0.3) is 0 Å². The predicted octanol–water partition coefficient (Wildman–Crippen LogP) is 1.70. The SMILES string of the molecule is CC(O)CCc1ccccc1C(=O)O. The summed E-state index contributed by atoms with van der Waals surface area (Å²) in [6.45, 7) is 1.70. The molecule has 1 unspecified atom stereocenters. The van der Waals surface area contributed by atoms with Gasteiger partial charge in [0.15, 0.2) is 0 Å². The van der Waals surface area contributed by atoms with E-state index < -0.39 is 12.1 Å². The van der Waals surface area contributed by atoms with Crippen LogP contribution in [0.25, 0.3) is 0 Å². The number of hydrogen-bond acceptors (Lipinski definition) is 2. The Hall–Kier alpha value is -1.35. The highest BCUT2D eigenvalue weighted by atomic mass is 16.4. The van der Waals surface area contributed by atoms with Crippen LogP contribution in [0.1, 0.15) is 29.3 Å².